The molecule has 1 aliphatic carbocycles. The van der Waals surface area contributed by atoms with Crippen LogP contribution in [0.1, 0.15) is 52.9 Å². The number of piperazine rings is 1. The second-order valence-corrected chi connectivity index (χ2v) is 9.34. The number of amides is 2. The highest BCUT2D eigenvalue weighted by atomic mass is 19.3. The SMILES string of the molecule is CC(C)(C)[C@]12C[C@@H](CN1C(=O)O)N(C(=O)[C@@]1(CC(F)F)CC[C@@H](N)C1)C2. The Labute approximate surface area is 152 Å². The minimum Gasteiger partial charge on any atom is -0.465 e. The van der Waals surface area contributed by atoms with Gasteiger partial charge in [-0.05, 0) is 31.1 Å². The van der Waals surface area contributed by atoms with Gasteiger partial charge in [0.25, 0.3) is 0 Å². The predicted octanol–water partition coefficient (Wildman–Crippen LogP) is 2.52. The van der Waals surface area contributed by atoms with E-state index in [0.29, 0.717) is 19.3 Å². The van der Waals surface area contributed by atoms with Crippen molar-refractivity contribution in [3.8, 4) is 0 Å². The second-order valence-electron chi connectivity index (χ2n) is 9.34. The standard InChI is InChI=1S/C18H29F2N3O3/c1-16(2,3)18-7-12(9-23(18)15(25)26)22(10-18)14(24)17(8-13(19)20)5-4-11(21)6-17/h11-13H,4-10,21H2,1-3H3,(H,25,26)/t11-,12+,17+,18-/m1/s1. The Balaban J connectivity index is 1.90. The number of alkyl halides is 2. The van der Waals surface area contributed by atoms with Gasteiger partial charge in [0, 0.05) is 25.6 Å². The van der Waals surface area contributed by atoms with E-state index >= 15 is 0 Å². The zero-order chi connectivity index (χ0) is 19.5. The molecular weight excluding hydrogens is 344 g/mol. The summed E-state index contributed by atoms with van der Waals surface area (Å²) < 4.78 is 26.5. The summed E-state index contributed by atoms with van der Waals surface area (Å²) in [6.45, 7) is 6.43. The maximum Gasteiger partial charge on any atom is 0.407 e. The maximum atomic E-state index is 13.4. The van der Waals surface area contributed by atoms with E-state index < -0.39 is 29.9 Å². The Morgan fingerprint density at radius 2 is 1.96 bits per heavy atom. The number of rotatable bonds is 3. The molecule has 2 amide bonds. The Kier molecular flexibility index (Phi) is 4.49. The lowest BCUT2D eigenvalue weighted by atomic mass is 9.72. The molecule has 0 spiro atoms. The van der Waals surface area contributed by atoms with E-state index in [1.807, 2.05) is 20.8 Å². The normalized spacial score (nSPS) is 37.0. The molecule has 4 atom stereocenters. The minimum absolute atomic E-state index is 0.232. The molecule has 0 radical (unpaired) electrons. The topological polar surface area (TPSA) is 86.9 Å². The van der Waals surface area contributed by atoms with Crippen LogP contribution in [0.25, 0.3) is 0 Å². The molecule has 3 fully saturated rings. The summed E-state index contributed by atoms with van der Waals surface area (Å²) in [5, 5.41) is 9.61. The summed E-state index contributed by atoms with van der Waals surface area (Å²) in [6, 6.07) is -0.478. The molecule has 0 aromatic heterocycles. The maximum absolute atomic E-state index is 13.4. The van der Waals surface area contributed by atoms with Crippen LogP contribution in [0.15, 0.2) is 0 Å². The molecule has 2 saturated heterocycles. The fourth-order valence-corrected chi connectivity index (χ4v) is 5.40. The van der Waals surface area contributed by atoms with E-state index in [1.54, 1.807) is 4.90 Å². The van der Waals surface area contributed by atoms with Gasteiger partial charge in [0.05, 0.1) is 17.0 Å². The van der Waals surface area contributed by atoms with Crippen molar-refractivity contribution < 1.29 is 23.5 Å². The zero-order valence-electron chi connectivity index (χ0n) is 15.7. The fraction of sp³-hybridized carbons (Fsp3) is 0.889. The lowest BCUT2D eigenvalue weighted by Gasteiger charge is -2.49. The van der Waals surface area contributed by atoms with Crippen LogP contribution in [0.2, 0.25) is 0 Å². The fourth-order valence-electron chi connectivity index (χ4n) is 5.40. The molecule has 0 aromatic carbocycles. The zero-order valence-corrected chi connectivity index (χ0v) is 15.7. The molecule has 2 bridgehead atoms. The third-order valence-electron chi connectivity index (χ3n) is 6.89. The first-order chi connectivity index (χ1) is 11.9. The number of hydrogen-bond acceptors (Lipinski definition) is 3. The van der Waals surface area contributed by atoms with E-state index in [9.17, 15) is 23.5 Å². The number of likely N-dealkylation sites (tertiary alicyclic amines) is 2. The van der Waals surface area contributed by atoms with Crippen molar-refractivity contribution in [2.45, 2.75) is 76.9 Å². The monoisotopic (exact) mass is 373 g/mol. The van der Waals surface area contributed by atoms with Crippen molar-refractivity contribution in [2.24, 2.45) is 16.6 Å². The van der Waals surface area contributed by atoms with Gasteiger partial charge in [-0.2, -0.15) is 0 Å². The molecule has 3 N–H and O–H groups in total. The Morgan fingerprint density at radius 3 is 2.42 bits per heavy atom. The smallest absolute Gasteiger partial charge is 0.407 e. The molecule has 1 saturated carbocycles. The second kappa shape index (κ2) is 6.04. The van der Waals surface area contributed by atoms with Crippen molar-refractivity contribution in [1.29, 1.82) is 0 Å². The molecule has 8 heteroatoms. The van der Waals surface area contributed by atoms with Crippen LogP contribution in [-0.4, -0.2) is 64.0 Å². The van der Waals surface area contributed by atoms with Crippen molar-refractivity contribution in [1.82, 2.24) is 9.80 Å². The molecule has 6 nitrogen and oxygen atoms in total. The lowest BCUT2D eigenvalue weighted by molar-refractivity contribution is -0.148. The van der Waals surface area contributed by atoms with Crippen molar-refractivity contribution in [2.75, 3.05) is 13.1 Å². The van der Waals surface area contributed by atoms with Crippen LogP contribution in [-0.2, 0) is 4.79 Å². The van der Waals surface area contributed by atoms with E-state index in [4.69, 9.17) is 5.73 Å². The minimum atomic E-state index is -2.56. The Morgan fingerprint density at radius 1 is 1.31 bits per heavy atom. The van der Waals surface area contributed by atoms with Gasteiger partial charge < -0.3 is 15.7 Å². The third kappa shape index (κ3) is 2.77. The molecule has 0 aromatic rings. The molecule has 2 aliphatic heterocycles. The van der Waals surface area contributed by atoms with Gasteiger partial charge in [0.2, 0.25) is 12.3 Å². The Hall–Kier alpha value is -1.44. The lowest BCUT2D eigenvalue weighted by Crippen LogP contribution is -2.63. The number of fused-ring (bicyclic) bond motifs is 2. The van der Waals surface area contributed by atoms with Gasteiger partial charge in [0.1, 0.15) is 0 Å². The molecular formula is C18H29F2N3O3. The van der Waals surface area contributed by atoms with Crippen LogP contribution in [0.3, 0.4) is 0 Å². The van der Waals surface area contributed by atoms with Crippen LogP contribution in [0.4, 0.5) is 13.6 Å². The molecule has 2 heterocycles. The van der Waals surface area contributed by atoms with Gasteiger partial charge in [-0.15, -0.1) is 0 Å². The van der Waals surface area contributed by atoms with E-state index in [-0.39, 0.29) is 42.9 Å². The van der Waals surface area contributed by atoms with Crippen LogP contribution >= 0.6 is 0 Å². The third-order valence-corrected chi connectivity index (χ3v) is 6.89. The molecule has 3 rings (SSSR count). The average molecular weight is 373 g/mol. The number of nitrogens with two attached hydrogens (primary N) is 1. The van der Waals surface area contributed by atoms with E-state index in [0.717, 1.165) is 0 Å². The summed E-state index contributed by atoms with van der Waals surface area (Å²) in [7, 11) is 0. The number of nitrogens with zero attached hydrogens (tertiary/aromatic N) is 2. The van der Waals surface area contributed by atoms with Crippen LogP contribution < -0.4 is 5.73 Å². The number of carboxylic acid groups (broad SMARTS) is 1. The first kappa shape index (κ1) is 19.3. The number of hydrogen-bond donors (Lipinski definition) is 2. The highest BCUT2D eigenvalue weighted by Crippen LogP contribution is 2.53. The quantitative estimate of drug-likeness (QED) is 0.796. The summed E-state index contributed by atoms with van der Waals surface area (Å²) in [4.78, 5) is 28.2. The van der Waals surface area contributed by atoms with Gasteiger partial charge in [-0.1, -0.05) is 20.8 Å². The average Bonchev–Trinajstić information content (AvgIpc) is 3.17. The summed E-state index contributed by atoms with van der Waals surface area (Å²) in [5.41, 5.74) is 3.81. The summed E-state index contributed by atoms with van der Waals surface area (Å²) in [5.74, 6) is -0.257. The van der Waals surface area contributed by atoms with Crippen LogP contribution in [0, 0.1) is 10.8 Å². The number of halogens is 2. The van der Waals surface area contributed by atoms with Gasteiger partial charge in [-0.3, -0.25) is 9.69 Å². The van der Waals surface area contributed by atoms with Gasteiger partial charge >= 0.3 is 6.09 Å². The number of carbonyl (C=O) groups excluding carboxylic acids is 1. The molecule has 26 heavy (non-hydrogen) atoms. The van der Waals surface area contributed by atoms with Gasteiger partial charge in [0.15, 0.2) is 0 Å². The predicted molar refractivity (Wildman–Crippen MR) is 91.9 cm³/mol. The molecule has 0 unspecified atom stereocenters. The van der Waals surface area contributed by atoms with Crippen molar-refractivity contribution in [3.05, 3.63) is 0 Å². The first-order valence-corrected chi connectivity index (χ1v) is 9.27. The summed E-state index contributed by atoms with van der Waals surface area (Å²) in [6.07, 6.45) is -2.21. The van der Waals surface area contributed by atoms with Gasteiger partial charge in [-0.25, -0.2) is 13.6 Å². The van der Waals surface area contributed by atoms with E-state index in [2.05, 4.69) is 0 Å². The largest absolute Gasteiger partial charge is 0.465 e. The molecule has 148 valence electrons. The molecule has 3 aliphatic rings. The van der Waals surface area contributed by atoms with Crippen molar-refractivity contribution >= 4 is 12.0 Å². The van der Waals surface area contributed by atoms with E-state index in [1.165, 1.54) is 4.90 Å². The highest BCUT2D eigenvalue weighted by molar-refractivity contribution is 5.85. The number of carbonyl (C=O) groups is 2. The van der Waals surface area contributed by atoms with Crippen molar-refractivity contribution in [3.63, 3.8) is 0 Å². The first-order valence-electron chi connectivity index (χ1n) is 9.27. The van der Waals surface area contributed by atoms with Crippen LogP contribution in [0.5, 0.6) is 0 Å². The summed E-state index contributed by atoms with van der Waals surface area (Å²) >= 11 is 0. The highest BCUT2D eigenvalue weighted by Gasteiger charge is 2.64. The Bertz CT molecular complexity index is 609.